The van der Waals surface area contributed by atoms with Crippen LogP contribution >= 0.6 is 11.3 Å². The second-order valence-electron chi connectivity index (χ2n) is 24.1. The molecule has 3 aliphatic rings. The van der Waals surface area contributed by atoms with Crippen molar-refractivity contribution < 1.29 is 0 Å². The number of nitrogens with zero attached hydrogens (tertiary/aromatic N) is 4. The Labute approximate surface area is 409 Å². The van der Waals surface area contributed by atoms with Gasteiger partial charge in [0.1, 0.15) is 11.6 Å². The molecule has 2 aliphatic heterocycles. The zero-order valence-corrected chi connectivity index (χ0v) is 43.2. The van der Waals surface area contributed by atoms with Gasteiger partial charge in [-0.2, -0.15) is 0 Å². The largest absolute Gasteiger partial charge is 0.310 e. The minimum absolute atomic E-state index is 0.0127. The third kappa shape index (κ3) is 7.11. The molecule has 0 bridgehead atoms. The monoisotopic (exact) mass is 909 g/mol. The highest BCUT2D eigenvalue weighted by Gasteiger charge is 2.48. The number of fused-ring (bicyclic) bond motifs is 7. The molecule has 1 aliphatic carbocycles. The molecule has 0 N–H and O–H groups in total. The van der Waals surface area contributed by atoms with Crippen LogP contribution in [-0.4, -0.2) is 11.7 Å². The minimum Gasteiger partial charge on any atom is -0.310 e. The SMILES string of the molecule is CC(C)(C)c1ccc(N2c3ccc(C(C)(C)C)cc3B3c4sc5ccc(C(C)(C)C)cc5c4N(c4ccc5c(c4)C(C)(C)CC5(C)C)c4cc(N(c5ccccc5)c5ccccc5)nc2c43)cc1. The van der Waals surface area contributed by atoms with E-state index in [0.717, 1.165) is 35.1 Å². The lowest BCUT2D eigenvalue weighted by molar-refractivity contribution is 0.403. The number of thiophene rings is 1. The van der Waals surface area contributed by atoms with Crippen LogP contribution in [0.15, 0.2) is 146 Å². The molecule has 0 amide bonds. The van der Waals surface area contributed by atoms with Crippen molar-refractivity contribution in [1.82, 2.24) is 4.98 Å². The van der Waals surface area contributed by atoms with Crippen LogP contribution in [0.3, 0.4) is 0 Å². The summed E-state index contributed by atoms with van der Waals surface area (Å²) in [5.41, 5.74) is 17.5. The maximum Gasteiger partial charge on any atom is 0.266 e. The summed E-state index contributed by atoms with van der Waals surface area (Å²) in [4.78, 5) is 13.5. The fraction of sp³-hybridized carbons (Fsp3) is 0.306. The summed E-state index contributed by atoms with van der Waals surface area (Å²) in [5.74, 6) is 1.83. The first-order valence-corrected chi connectivity index (χ1v) is 25.4. The summed E-state index contributed by atoms with van der Waals surface area (Å²) < 4.78 is 2.68. The van der Waals surface area contributed by atoms with Crippen LogP contribution in [0.1, 0.15) is 124 Å². The van der Waals surface area contributed by atoms with Gasteiger partial charge < -0.3 is 4.90 Å². The summed E-state index contributed by atoms with van der Waals surface area (Å²) in [5, 5.41) is 1.31. The molecular weight excluding hydrogens is 844 g/mol. The molecule has 0 unspecified atom stereocenters. The lowest BCUT2D eigenvalue weighted by atomic mass is 9.36. The molecule has 6 heteroatoms. The normalized spacial score (nSPS) is 15.8. The molecule has 0 radical (unpaired) electrons. The number of benzene rings is 6. The van der Waals surface area contributed by atoms with Gasteiger partial charge in [0, 0.05) is 55.1 Å². The number of hydrogen-bond acceptors (Lipinski definition) is 5. The third-order valence-electron chi connectivity index (χ3n) is 15.1. The van der Waals surface area contributed by atoms with Gasteiger partial charge in [-0.1, -0.05) is 163 Å². The van der Waals surface area contributed by atoms with E-state index >= 15 is 0 Å². The first-order valence-electron chi connectivity index (χ1n) is 24.6. The fourth-order valence-electron chi connectivity index (χ4n) is 11.7. The molecule has 68 heavy (non-hydrogen) atoms. The quantitative estimate of drug-likeness (QED) is 0.161. The van der Waals surface area contributed by atoms with E-state index in [2.05, 4.69) is 250 Å². The topological polar surface area (TPSA) is 22.6 Å². The Morgan fingerprint density at radius 3 is 1.72 bits per heavy atom. The Hall–Kier alpha value is -6.11. The standard InChI is InChI=1S/C62H65BN4S/c1-58(2,3)39-24-28-44(29-25-39)67-50-32-26-41(60(7,8)9)35-49(50)63-54-51(37-53(64-57(54)67)65(42-20-16-14-17-21-42)43-22-18-15-19-23-43)66(45-30-31-47-48(36-45)62(12,13)38-61(47,10)11)55-46-34-40(59(4,5)6)27-33-52(46)68-56(55)63/h14-37H,38H2,1-13H3. The molecule has 6 aromatic carbocycles. The molecule has 0 fully saturated rings. The van der Waals surface area contributed by atoms with Crippen LogP contribution in [0.25, 0.3) is 10.1 Å². The number of pyridine rings is 1. The number of anilines is 9. The number of aromatic nitrogens is 1. The molecule has 0 saturated heterocycles. The van der Waals surface area contributed by atoms with Gasteiger partial charge >= 0.3 is 0 Å². The maximum atomic E-state index is 5.99. The maximum absolute atomic E-state index is 5.99. The Balaban J connectivity index is 1.30. The summed E-state index contributed by atoms with van der Waals surface area (Å²) >= 11 is 1.97. The van der Waals surface area contributed by atoms with Gasteiger partial charge in [0.25, 0.3) is 6.71 Å². The van der Waals surface area contributed by atoms with Crippen LogP contribution in [0.5, 0.6) is 0 Å². The van der Waals surface area contributed by atoms with Gasteiger partial charge in [-0.15, -0.1) is 11.3 Å². The molecule has 11 rings (SSSR count). The van der Waals surface area contributed by atoms with E-state index in [0.29, 0.717) is 0 Å². The second kappa shape index (κ2) is 15.2. The second-order valence-corrected chi connectivity index (χ2v) is 25.2. The van der Waals surface area contributed by atoms with Gasteiger partial charge in [0.15, 0.2) is 0 Å². The van der Waals surface area contributed by atoms with Crippen molar-refractivity contribution in [3.8, 4) is 0 Å². The third-order valence-corrected chi connectivity index (χ3v) is 16.3. The van der Waals surface area contributed by atoms with Crippen molar-refractivity contribution in [1.29, 1.82) is 0 Å². The Bertz CT molecular complexity index is 3230. The van der Waals surface area contributed by atoms with Crippen molar-refractivity contribution >= 4 is 95.3 Å². The molecule has 0 spiro atoms. The molecule has 0 saturated carbocycles. The number of hydrogen-bond donors (Lipinski definition) is 0. The number of para-hydroxylation sites is 2. The molecule has 4 nitrogen and oxygen atoms in total. The first-order chi connectivity index (χ1) is 32.1. The van der Waals surface area contributed by atoms with E-state index in [4.69, 9.17) is 4.98 Å². The van der Waals surface area contributed by atoms with Crippen LogP contribution in [-0.2, 0) is 27.1 Å². The fourth-order valence-corrected chi connectivity index (χ4v) is 13.0. The minimum atomic E-state index is -0.0580. The summed E-state index contributed by atoms with van der Waals surface area (Å²) in [6.07, 6.45) is 1.11. The van der Waals surface area contributed by atoms with E-state index < -0.39 is 0 Å². The molecule has 0 atom stereocenters. The Morgan fingerprint density at radius 2 is 1.10 bits per heavy atom. The lowest BCUT2D eigenvalue weighted by Gasteiger charge is -2.43. The van der Waals surface area contributed by atoms with Crippen LogP contribution in [0.2, 0.25) is 0 Å². The summed E-state index contributed by atoms with van der Waals surface area (Å²) in [7, 11) is 0. The van der Waals surface area contributed by atoms with Gasteiger partial charge in [-0.3, -0.25) is 9.80 Å². The summed E-state index contributed by atoms with van der Waals surface area (Å²) in [6, 6.07) is 55.2. The number of rotatable bonds is 5. The van der Waals surface area contributed by atoms with E-state index in [1.165, 1.54) is 76.4 Å². The molecule has 342 valence electrons. The van der Waals surface area contributed by atoms with Crippen molar-refractivity contribution in [2.45, 2.75) is 124 Å². The average Bonchev–Trinajstić information content (AvgIpc) is 3.75. The van der Waals surface area contributed by atoms with Crippen LogP contribution in [0.4, 0.5) is 51.4 Å². The predicted octanol–water partition coefficient (Wildman–Crippen LogP) is 15.7. The van der Waals surface area contributed by atoms with Gasteiger partial charge in [-0.25, -0.2) is 4.98 Å². The van der Waals surface area contributed by atoms with Gasteiger partial charge in [-0.05, 0) is 139 Å². The van der Waals surface area contributed by atoms with E-state index in [9.17, 15) is 0 Å². The van der Waals surface area contributed by atoms with E-state index in [1.807, 2.05) is 11.3 Å². The van der Waals surface area contributed by atoms with Crippen molar-refractivity contribution in [3.63, 3.8) is 0 Å². The van der Waals surface area contributed by atoms with Gasteiger partial charge in [0.05, 0.1) is 5.69 Å². The van der Waals surface area contributed by atoms with Crippen molar-refractivity contribution in [2.24, 2.45) is 0 Å². The zero-order valence-electron chi connectivity index (χ0n) is 42.3. The Kier molecular flexibility index (Phi) is 9.92. The smallest absolute Gasteiger partial charge is 0.266 e. The molecule has 4 heterocycles. The predicted molar refractivity (Wildman–Crippen MR) is 295 cm³/mol. The molecular formula is C62H65BN4S. The average molecular weight is 909 g/mol. The van der Waals surface area contributed by atoms with Gasteiger partial charge in [0.2, 0.25) is 0 Å². The highest BCUT2D eigenvalue weighted by Crippen LogP contribution is 2.54. The van der Waals surface area contributed by atoms with Crippen molar-refractivity contribution in [3.05, 3.63) is 173 Å². The lowest BCUT2D eigenvalue weighted by Crippen LogP contribution is -2.61. The van der Waals surface area contributed by atoms with E-state index in [1.54, 1.807) is 0 Å². The highest BCUT2D eigenvalue weighted by atomic mass is 32.1. The molecule has 2 aromatic heterocycles. The van der Waals surface area contributed by atoms with Crippen LogP contribution in [0, 0.1) is 0 Å². The summed E-state index contributed by atoms with van der Waals surface area (Å²) in [6.45, 7) is 30.6. The Morgan fingerprint density at radius 1 is 0.544 bits per heavy atom. The zero-order chi connectivity index (χ0) is 47.9. The van der Waals surface area contributed by atoms with Crippen LogP contribution < -0.4 is 30.4 Å². The highest BCUT2D eigenvalue weighted by molar-refractivity contribution is 7.33. The van der Waals surface area contributed by atoms with E-state index in [-0.39, 0.29) is 33.8 Å². The first kappa shape index (κ1) is 44.4. The molecule has 8 aromatic rings. The van der Waals surface area contributed by atoms with Crippen molar-refractivity contribution in [2.75, 3.05) is 14.7 Å².